The minimum Gasteiger partial charge on any atom is -0.413 e. The van der Waals surface area contributed by atoms with Gasteiger partial charge in [-0.05, 0) is 42.2 Å². The van der Waals surface area contributed by atoms with Crippen LogP contribution in [0.4, 0.5) is 4.39 Å². The summed E-state index contributed by atoms with van der Waals surface area (Å²) >= 11 is 0. The van der Waals surface area contributed by atoms with Crippen LogP contribution in [0.3, 0.4) is 0 Å². The van der Waals surface area contributed by atoms with Crippen LogP contribution in [0.1, 0.15) is 37.5 Å². The minimum atomic E-state index is -1.82. The van der Waals surface area contributed by atoms with E-state index < -0.39 is 8.32 Å². The fourth-order valence-corrected chi connectivity index (χ4v) is 2.57. The molecule has 0 atom stereocenters. The second-order valence-corrected chi connectivity index (χ2v) is 11.4. The van der Waals surface area contributed by atoms with E-state index in [4.69, 9.17) is 9.53 Å². The number of rotatable bonds is 4. The van der Waals surface area contributed by atoms with Crippen LogP contribution in [0.2, 0.25) is 18.1 Å². The maximum atomic E-state index is 13.8. The zero-order chi connectivity index (χ0) is 14.8. The van der Waals surface area contributed by atoms with Crippen molar-refractivity contribution in [3.63, 3.8) is 0 Å². The molecular weight excluding hydrogens is 259 g/mol. The molecule has 2 nitrogen and oxygen atoms in total. The Hall–Kier alpha value is -0.713. The molecule has 19 heavy (non-hydrogen) atoms. The van der Waals surface area contributed by atoms with Gasteiger partial charge in [-0.3, -0.25) is 0 Å². The number of aryl methyl sites for hydroxylation is 1. The fraction of sp³-hybridized carbons (Fsp3) is 0.600. The van der Waals surface area contributed by atoms with Crippen LogP contribution in [-0.2, 0) is 17.6 Å². The molecule has 0 fully saturated rings. The monoisotopic (exact) mass is 284 g/mol. The van der Waals surface area contributed by atoms with Crippen LogP contribution < -0.4 is 0 Å². The molecule has 0 radical (unpaired) electrons. The first kappa shape index (κ1) is 16.3. The van der Waals surface area contributed by atoms with Gasteiger partial charge in [0.15, 0.2) is 8.32 Å². The number of aliphatic hydroxyl groups is 1. The highest BCUT2D eigenvalue weighted by molar-refractivity contribution is 6.74. The normalized spacial score (nSPS) is 12.8. The van der Waals surface area contributed by atoms with E-state index >= 15 is 0 Å². The Bertz CT molecular complexity index is 427. The van der Waals surface area contributed by atoms with Crippen molar-refractivity contribution in [2.45, 2.75) is 59.0 Å². The number of aliphatic hydroxyl groups excluding tert-OH is 1. The lowest BCUT2D eigenvalue weighted by molar-refractivity contribution is 0.270. The highest BCUT2D eigenvalue weighted by atomic mass is 28.4. The first-order chi connectivity index (χ1) is 8.58. The lowest BCUT2D eigenvalue weighted by atomic mass is 10.1. The predicted octanol–water partition coefficient (Wildman–Crippen LogP) is 4.15. The summed E-state index contributed by atoms with van der Waals surface area (Å²) in [6, 6.07) is 3.35. The van der Waals surface area contributed by atoms with Crippen molar-refractivity contribution in [1.29, 1.82) is 0 Å². The Morgan fingerprint density at radius 1 is 1.26 bits per heavy atom. The van der Waals surface area contributed by atoms with E-state index in [0.717, 1.165) is 11.1 Å². The second kappa shape index (κ2) is 5.73. The highest BCUT2D eigenvalue weighted by Gasteiger charge is 2.37. The van der Waals surface area contributed by atoms with Crippen molar-refractivity contribution >= 4 is 8.32 Å². The van der Waals surface area contributed by atoms with E-state index in [1.807, 2.05) is 13.0 Å². The SMILES string of the molecule is Cc1cc(CO[Si](C)(C)C(C)(C)C)cc(F)c1CO. The van der Waals surface area contributed by atoms with Gasteiger partial charge in [-0.25, -0.2) is 4.39 Å². The van der Waals surface area contributed by atoms with Gasteiger partial charge in [0.1, 0.15) is 5.82 Å². The van der Waals surface area contributed by atoms with Gasteiger partial charge in [0.05, 0.1) is 13.2 Å². The molecule has 1 aromatic rings. The fourth-order valence-electron chi connectivity index (χ4n) is 1.61. The minimum absolute atomic E-state index is 0.144. The summed E-state index contributed by atoms with van der Waals surface area (Å²) in [5.41, 5.74) is 1.98. The largest absolute Gasteiger partial charge is 0.413 e. The van der Waals surface area contributed by atoms with E-state index in [-0.39, 0.29) is 17.5 Å². The number of halogens is 1. The van der Waals surface area contributed by atoms with Gasteiger partial charge in [-0.2, -0.15) is 0 Å². The molecule has 0 unspecified atom stereocenters. The molecule has 0 saturated heterocycles. The summed E-state index contributed by atoms with van der Waals surface area (Å²) < 4.78 is 19.8. The van der Waals surface area contributed by atoms with Gasteiger partial charge < -0.3 is 9.53 Å². The molecule has 108 valence electrons. The maximum Gasteiger partial charge on any atom is 0.192 e. The molecule has 1 aromatic carbocycles. The first-order valence-electron chi connectivity index (χ1n) is 6.61. The van der Waals surface area contributed by atoms with Crippen molar-refractivity contribution in [2.24, 2.45) is 0 Å². The summed E-state index contributed by atoms with van der Waals surface area (Å²) in [5, 5.41) is 9.24. The molecule has 0 amide bonds. The maximum absolute atomic E-state index is 13.8. The third-order valence-electron chi connectivity index (χ3n) is 4.04. The number of hydrogen-bond donors (Lipinski definition) is 1. The van der Waals surface area contributed by atoms with Gasteiger partial charge in [0, 0.05) is 5.56 Å². The third kappa shape index (κ3) is 3.88. The summed E-state index contributed by atoms with van der Waals surface area (Å²) in [6.07, 6.45) is 0. The highest BCUT2D eigenvalue weighted by Crippen LogP contribution is 2.37. The van der Waals surface area contributed by atoms with Crippen LogP contribution in [0.25, 0.3) is 0 Å². The summed E-state index contributed by atoms with van der Waals surface area (Å²) in [4.78, 5) is 0. The second-order valence-electron chi connectivity index (χ2n) is 6.58. The predicted molar refractivity (Wildman–Crippen MR) is 79.0 cm³/mol. The molecule has 0 heterocycles. The molecular formula is C15H25FO2Si. The van der Waals surface area contributed by atoms with Gasteiger partial charge >= 0.3 is 0 Å². The molecule has 0 aliphatic rings. The molecule has 1 rings (SSSR count). The Morgan fingerprint density at radius 2 is 1.84 bits per heavy atom. The topological polar surface area (TPSA) is 29.5 Å². The molecule has 4 heteroatoms. The van der Waals surface area contributed by atoms with Crippen molar-refractivity contribution < 1.29 is 13.9 Å². The average Bonchev–Trinajstić information content (AvgIpc) is 2.24. The lowest BCUT2D eigenvalue weighted by Gasteiger charge is -2.36. The number of hydrogen-bond acceptors (Lipinski definition) is 2. The standard InChI is InChI=1S/C15H25FO2Si/c1-11-7-12(8-14(16)13(11)9-17)10-18-19(5,6)15(2,3)4/h7-8,17H,9-10H2,1-6H3. The van der Waals surface area contributed by atoms with Gasteiger partial charge in [-0.15, -0.1) is 0 Å². The van der Waals surface area contributed by atoms with E-state index in [0.29, 0.717) is 12.2 Å². The molecule has 0 bridgehead atoms. The zero-order valence-corrected chi connectivity index (χ0v) is 13.8. The van der Waals surface area contributed by atoms with Gasteiger partial charge in [0.2, 0.25) is 0 Å². The van der Waals surface area contributed by atoms with E-state index in [9.17, 15) is 4.39 Å². The molecule has 1 N–H and O–H groups in total. The van der Waals surface area contributed by atoms with Crippen LogP contribution in [0, 0.1) is 12.7 Å². The van der Waals surface area contributed by atoms with Crippen LogP contribution >= 0.6 is 0 Å². The third-order valence-corrected chi connectivity index (χ3v) is 8.52. The van der Waals surface area contributed by atoms with Crippen LogP contribution in [0.15, 0.2) is 12.1 Å². The number of benzene rings is 1. The van der Waals surface area contributed by atoms with E-state index in [2.05, 4.69) is 33.9 Å². The Kier molecular flexibility index (Phi) is 4.93. The average molecular weight is 284 g/mol. The van der Waals surface area contributed by atoms with E-state index in [1.165, 1.54) is 6.07 Å². The Morgan fingerprint density at radius 3 is 2.26 bits per heavy atom. The lowest BCUT2D eigenvalue weighted by Crippen LogP contribution is -2.40. The zero-order valence-electron chi connectivity index (χ0n) is 12.8. The van der Waals surface area contributed by atoms with Crippen LogP contribution in [0.5, 0.6) is 0 Å². The van der Waals surface area contributed by atoms with Gasteiger partial charge in [0.25, 0.3) is 0 Å². The molecule has 0 spiro atoms. The molecule has 0 aromatic heterocycles. The Balaban J connectivity index is 2.85. The van der Waals surface area contributed by atoms with Crippen molar-refractivity contribution in [3.05, 3.63) is 34.6 Å². The first-order valence-corrected chi connectivity index (χ1v) is 9.52. The molecule has 0 saturated carbocycles. The van der Waals surface area contributed by atoms with Crippen molar-refractivity contribution in [1.82, 2.24) is 0 Å². The smallest absolute Gasteiger partial charge is 0.192 e. The van der Waals surface area contributed by atoms with Crippen LogP contribution in [-0.4, -0.2) is 13.4 Å². The van der Waals surface area contributed by atoms with E-state index in [1.54, 1.807) is 0 Å². The van der Waals surface area contributed by atoms with Crippen molar-refractivity contribution in [2.75, 3.05) is 0 Å². The summed E-state index contributed by atoms with van der Waals surface area (Å²) in [7, 11) is -1.82. The Labute approximate surface area is 116 Å². The molecule has 0 aliphatic carbocycles. The van der Waals surface area contributed by atoms with Gasteiger partial charge in [-0.1, -0.05) is 26.8 Å². The summed E-state index contributed by atoms with van der Waals surface area (Å²) in [5.74, 6) is -0.351. The quantitative estimate of drug-likeness (QED) is 0.842. The molecule has 0 aliphatic heterocycles. The summed E-state index contributed by atoms with van der Waals surface area (Å²) in [6.45, 7) is 12.9. The van der Waals surface area contributed by atoms with Crippen molar-refractivity contribution in [3.8, 4) is 0 Å².